The van der Waals surface area contributed by atoms with Gasteiger partial charge in [-0.25, -0.2) is 9.13 Å². The molecule has 0 aliphatic carbocycles. The standard InChI is InChI=1S/C71H138O17P2/c1-9-64(8)50-42-34-25-18-14-12-10-11-13-15-19-27-37-45-53-70(75)88-67(58-82-69(74)52-44-36-30-29-33-41-49-63(6)7)60-86-90(79,80)84-56-65(72)55-83-89(77,78)85-59-66(57-81-68(73)51-43-35-26-22-21-24-32-40-48-62(4)5)87-71(76)54-46-38-28-20-16-17-23-31-39-47-61(2)3/h61-67,72H,9-60H2,1-8H3,(H,77,78)(H,79,80)/t64?,65-,66-,67-/m1/s1. The number of unbranched alkanes of at least 4 members (excludes halogenated alkanes) is 33. The van der Waals surface area contributed by atoms with Crippen molar-refractivity contribution in [2.75, 3.05) is 39.6 Å². The fraction of sp³-hybridized carbons (Fsp3) is 0.944. The Kier molecular flexibility index (Phi) is 59.4. The van der Waals surface area contributed by atoms with E-state index in [4.69, 9.17) is 37.0 Å². The number of hydrogen-bond acceptors (Lipinski definition) is 15. The fourth-order valence-corrected chi connectivity index (χ4v) is 12.2. The molecule has 0 heterocycles. The van der Waals surface area contributed by atoms with Crippen LogP contribution < -0.4 is 0 Å². The van der Waals surface area contributed by atoms with Crippen molar-refractivity contribution < 1.29 is 80.2 Å². The third-order valence-corrected chi connectivity index (χ3v) is 18.6. The molecule has 17 nitrogen and oxygen atoms in total. The minimum atomic E-state index is -4.95. The Morgan fingerprint density at radius 2 is 0.533 bits per heavy atom. The van der Waals surface area contributed by atoms with Gasteiger partial charge in [0.15, 0.2) is 12.2 Å². The number of aliphatic hydroxyl groups excluding tert-OH is 1. The van der Waals surface area contributed by atoms with E-state index in [2.05, 4.69) is 55.4 Å². The molecule has 0 saturated heterocycles. The van der Waals surface area contributed by atoms with Crippen molar-refractivity contribution in [2.45, 2.75) is 369 Å². The number of phosphoric acid groups is 2. The zero-order valence-electron chi connectivity index (χ0n) is 58.8. The number of carbonyl (C=O) groups is 4. The zero-order valence-corrected chi connectivity index (χ0v) is 60.6. The molecule has 0 rings (SSSR count). The van der Waals surface area contributed by atoms with E-state index in [0.717, 1.165) is 114 Å². The van der Waals surface area contributed by atoms with Gasteiger partial charge in [-0.2, -0.15) is 0 Å². The Bertz CT molecular complexity index is 1780. The molecule has 0 amide bonds. The van der Waals surface area contributed by atoms with Crippen LogP contribution in [0.15, 0.2) is 0 Å². The van der Waals surface area contributed by atoms with E-state index in [0.29, 0.717) is 31.6 Å². The molecule has 0 spiro atoms. The predicted molar refractivity (Wildman–Crippen MR) is 363 cm³/mol. The molecule has 0 aliphatic heterocycles. The lowest BCUT2D eigenvalue weighted by Gasteiger charge is -2.21. The number of carbonyl (C=O) groups excluding carboxylic acids is 4. The molecular formula is C71H138O17P2. The van der Waals surface area contributed by atoms with Gasteiger partial charge in [-0.15, -0.1) is 0 Å². The summed E-state index contributed by atoms with van der Waals surface area (Å²) in [6.45, 7) is 14.1. The number of esters is 4. The van der Waals surface area contributed by atoms with Crippen molar-refractivity contribution in [3.8, 4) is 0 Å². The van der Waals surface area contributed by atoms with Crippen molar-refractivity contribution in [3.05, 3.63) is 0 Å². The van der Waals surface area contributed by atoms with Crippen LogP contribution in [0, 0.1) is 23.7 Å². The van der Waals surface area contributed by atoms with Gasteiger partial charge >= 0.3 is 39.5 Å². The Morgan fingerprint density at radius 3 is 0.789 bits per heavy atom. The smallest absolute Gasteiger partial charge is 0.462 e. The lowest BCUT2D eigenvalue weighted by atomic mass is 9.99. The largest absolute Gasteiger partial charge is 0.472 e. The molecule has 6 atom stereocenters. The summed E-state index contributed by atoms with van der Waals surface area (Å²) in [7, 11) is -9.90. The van der Waals surface area contributed by atoms with Gasteiger partial charge < -0.3 is 33.8 Å². The summed E-state index contributed by atoms with van der Waals surface area (Å²) < 4.78 is 68.3. The van der Waals surface area contributed by atoms with E-state index >= 15 is 0 Å². The number of rotatable bonds is 68. The highest BCUT2D eigenvalue weighted by molar-refractivity contribution is 7.47. The van der Waals surface area contributed by atoms with Crippen molar-refractivity contribution in [1.82, 2.24) is 0 Å². The number of aliphatic hydroxyl groups is 1. The van der Waals surface area contributed by atoms with Gasteiger partial charge in [0.05, 0.1) is 26.4 Å². The number of hydrogen-bond donors (Lipinski definition) is 3. The van der Waals surface area contributed by atoms with E-state index in [9.17, 15) is 43.2 Å². The molecule has 0 aromatic carbocycles. The highest BCUT2D eigenvalue weighted by Crippen LogP contribution is 2.45. The molecule has 0 fully saturated rings. The van der Waals surface area contributed by atoms with E-state index in [1.165, 1.54) is 148 Å². The molecule has 3 N–H and O–H groups in total. The Hall–Kier alpha value is -1.94. The first-order chi connectivity index (χ1) is 43.1. The Morgan fingerprint density at radius 1 is 0.311 bits per heavy atom. The lowest BCUT2D eigenvalue weighted by Crippen LogP contribution is -2.30. The molecule has 3 unspecified atom stereocenters. The number of phosphoric ester groups is 2. The van der Waals surface area contributed by atoms with Crippen molar-refractivity contribution in [1.29, 1.82) is 0 Å². The van der Waals surface area contributed by atoms with Gasteiger partial charge in [0.1, 0.15) is 19.3 Å². The molecule has 0 aromatic rings. The molecule has 19 heteroatoms. The molecule has 90 heavy (non-hydrogen) atoms. The minimum Gasteiger partial charge on any atom is -0.462 e. The molecule has 0 radical (unpaired) electrons. The lowest BCUT2D eigenvalue weighted by molar-refractivity contribution is -0.161. The quantitative estimate of drug-likeness (QED) is 0.0222. The highest BCUT2D eigenvalue weighted by atomic mass is 31.2. The molecule has 0 saturated carbocycles. The van der Waals surface area contributed by atoms with Gasteiger partial charge in [-0.1, -0.05) is 299 Å². The highest BCUT2D eigenvalue weighted by Gasteiger charge is 2.30. The second kappa shape index (κ2) is 60.7. The monoisotopic (exact) mass is 1320 g/mol. The number of ether oxygens (including phenoxy) is 4. The van der Waals surface area contributed by atoms with Gasteiger partial charge in [-0.05, 0) is 49.4 Å². The van der Waals surface area contributed by atoms with Crippen molar-refractivity contribution >= 4 is 39.5 Å². The maximum absolute atomic E-state index is 13.0. The van der Waals surface area contributed by atoms with Crippen LogP contribution in [0.1, 0.15) is 351 Å². The molecule has 0 aromatic heterocycles. The second-order valence-corrected chi connectivity index (χ2v) is 30.2. The maximum atomic E-state index is 13.0. The summed E-state index contributed by atoms with van der Waals surface area (Å²) in [5, 5.41) is 10.6. The third kappa shape index (κ3) is 63.5. The minimum absolute atomic E-state index is 0.104. The summed E-state index contributed by atoms with van der Waals surface area (Å²) in [6, 6.07) is 0. The molecule has 534 valence electrons. The first-order valence-corrected chi connectivity index (χ1v) is 39.7. The summed E-state index contributed by atoms with van der Waals surface area (Å²) in [5.41, 5.74) is 0. The molecular weight excluding hydrogens is 1190 g/mol. The van der Waals surface area contributed by atoms with Gasteiger partial charge in [0, 0.05) is 25.7 Å². The molecule has 0 aliphatic rings. The van der Waals surface area contributed by atoms with E-state index in [-0.39, 0.29) is 25.7 Å². The van der Waals surface area contributed by atoms with E-state index in [1.807, 2.05) is 0 Å². The van der Waals surface area contributed by atoms with Crippen molar-refractivity contribution in [2.24, 2.45) is 23.7 Å². The summed E-state index contributed by atoms with van der Waals surface area (Å²) >= 11 is 0. The van der Waals surface area contributed by atoms with Crippen LogP contribution in [0.3, 0.4) is 0 Å². The van der Waals surface area contributed by atoms with Crippen molar-refractivity contribution in [3.63, 3.8) is 0 Å². The van der Waals surface area contributed by atoms with Crippen LogP contribution in [-0.2, 0) is 65.4 Å². The van der Waals surface area contributed by atoms with Crippen LogP contribution >= 0.6 is 15.6 Å². The van der Waals surface area contributed by atoms with Crippen LogP contribution in [0.2, 0.25) is 0 Å². The summed E-state index contributed by atoms with van der Waals surface area (Å²) in [5.74, 6) is 0.857. The Balaban J connectivity index is 5.21. The van der Waals surface area contributed by atoms with Crippen LogP contribution in [0.4, 0.5) is 0 Å². The second-order valence-electron chi connectivity index (χ2n) is 27.3. The van der Waals surface area contributed by atoms with Gasteiger partial charge in [0.2, 0.25) is 0 Å². The first-order valence-electron chi connectivity index (χ1n) is 36.7. The zero-order chi connectivity index (χ0) is 66.8. The van der Waals surface area contributed by atoms with E-state index in [1.54, 1.807) is 0 Å². The van der Waals surface area contributed by atoms with Crippen LogP contribution in [0.25, 0.3) is 0 Å². The normalized spacial score (nSPS) is 14.6. The Labute approximate surface area is 549 Å². The van der Waals surface area contributed by atoms with Crippen LogP contribution in [0.5, 0.6) is 0 Å². The average molecular weight is 1330 g/mol. The van der Waals surface area contributed by atoms with E-state index < -0.39 is 97.5 Å². The summed E-state index contributed by atoms with van der Waals surface area (Å²) in [4.78, 5) is 72.5. The summed E-state index contributed by atoms with van der Waals surface area (Å²) in [6.07, 6.45) is 43.2. The van der Waals surface area contributed by atoms with Crippen LogP contribution in [-0.4, -0.2) is 96.7 Å². The van der Waals surface area contributed by atoms with Gasteiger partial charge in [-0.3, -0.25) is 37.3 Å². The topological polar surface area (TPSA) is 237 Å². The fourth-order valence-electron chi connectivity index (χ4n) is 10.6. The third-order valence-electron chi connectivity index (χ3n) is 16.7. The van der Waals surface area contributed by atoms with Gasteiger partial charge in [0.25, 0.3) is 0 Å². The first kappa shape index (κ1) is 88.1. The predicted octanol–water partition coefficient (Wildman–Crippen LogP) is 20.1. The maximum Gasteiger partial charge on any atom is 0.472 e. The SMILES string of the molecule is CCC(C)CCCCCCCCCCCCCCCCC(=O)O[C@H](COC(=O)CCCCCCCCC(C)C)COP(=O)(O)OC[C@H](O)COP(=O)(O)OC[C@@H](COC(=O)CCCCCCCCCCC(C)C)OC(=O)CCCCCCCCCCCC(C)C. The average Bonchev–Trinajstić information content (AvgIpc) is 2.73. The molecule has 0 bridgehead atoms.